The minimum atomic E-state index is -0.856. The van der Waals surface area contributed by atoms with E-state index in [1.165, 1.54) is 19.2 Å². The third-order valence-electron chi connectivity index (χ3n) is 4.61. The van der Waals surface area contributed by atoms with Crippen molar-refractivity contribution >= 4 is 52.2 Å². The molecule has 0 aliphatic heterocycles. The highest BCUT2D eigenvalue weighted by Crippen LogP contribution is 2.41. The van der Waals surface area contributed by atoms with E-state index in [1.54, 1.807) is 30.3 Å². The molecule has 0 aliphatic rings. The van der Waals surface area contributed by atoms with Gasteiger partial charge in [0, 0.05) is 22.3 Å². The molecule has 0 aromatic heterocycles. The van der Waals surface area contributed by atoms with Crippen LogP contribution in [0.25, 0.3) is 6.08 Å². The molecule has 0 atom stereocenters. The number of hydrogen-bond acceptors (Lipinski definition) is 8. The van der Waals surface area contributed by atoms with Gasteiger partial charge in [-0.25, -0.2) is 0 Å². The first-order chi connectivity index (χ1) is 17.1. The summed E-state index contributed by atoms with van der Waals surface area (Å²) in [6.07, 6.45) is 1.14. The Morgan fingerprint density at radius 2 is 1.75 bits per heavy atom. The second-order valence-corrected chi connectivity index (χ2v) is 7.77. The average Bonchev–Trinajstić information content (AvgIpc) is 2.84. The van der Waals surface area contributed by atoms with Gasteiger partial charge in [0.15, 0.2) is 5.75 Å². The zero-order valence-electron chi connectivity index (χ0n) is 18.2. The van der Waals surface area contributed by atoms with E-state index in [0.29, 0.717) is 11.4 Å². The molecule has 0 unspecified atom stereocenters. The Bertz CT molecular complexity index is 1430. The summed E-state index contributed by atoms with van der Waals surface area (Å²) >= 11 is 12.3. The number of methoxy groups -OCH3 is 1. The number of amides is 1. The SMILES string of the molecule is COc1ccc(NC(=O)/C(C#N)=C/c2cc(Cl)cc(Cl)c2Oc2ccc([N+](=O)[O-])cc2[N+](=O)[O-])cc1. The fourth-order valence-electron chi connectivity index (χ4n) is 2.93. The van der Waals surface area contributed by atoms with Gasteiger partial charge in [-0.2, -0.15) is 5.26 Å². The number of non-ortho nitro benzene ring substituents is 1. The second kappa shape index (κ2) is 11.2. The van der Waals surface area contributed by atoms with Crippen LogP contribution in [0.5, 0.6) is 17.2 Å². The summed E-state index contributed by atoms with van der Waals surface area (Å²) in [4.78, 5) is 33.5. The number of anilines is 1. The summed E-state index contributed by atoms with van der Waals surface area (Å²) in [5.74, 6) is -0.709. The number of nitrogens with one attached hydrogen (secondary N) is 1. The number of halogens is 2. The van der Waals surface area contributed by atoms with Crippen molar-refractivity contribution in [2.75, 3.05) is 12.4 Å². The molecule has 3 aromatic rings. The number of nitro groups is 2. The van der Waals surface area contributed by atoms with E-state index in [0.717, 1.165) is 24.3 Å². The molecule has 13 heteroatoms. The second-order valence-electron chi connectivity index (χ2n) is 6.93. The Morgan fingerprint density at radius 1 is 1.06 bits per heavy atom. The lowest BCUT2D eigenvalue weighted by Gasteiger charge is -2.12. The van der Waals surface area contributed by atoms with Crippen molar-refractivity contribution in [2.24, 2.45) is 0 Å². The van der Waals surface area contributed by atoms with Crippen molar-refractivity contribution in [3.8, 4) is 23.3 Å². The van der Waals surface area contributed by atoms with Crippen LogP contribution in [0.3, 0.4) is 0 Å². The highest BCUT2D eigenvalue weighted by Gasteiger charge is 2.23. The van der Waals surface area contributed by atoms with Crippen molar-refractivity contribution < 1.29 is 24.1 Å². The van der Waals surface area contributed by atoms with Crippen LogP contribution >= 0.6 is 23.2 Å². The van der Waals surface area contributed by atoms with Crippen molar-refractivity contribution in [3.63, 3.8) is 0 Å². The molecule has 1 amide bonds. The van der Waals surface area contributed by atoms with Gasteiger partial charge in [0.2, 0.25) is 5.75 Å². The fraction of sp³-hybridized carbons (Fsp3) is 0.0435. The Morgan fingerprint density at radius 3 is 2.33 bits per heavy atom. The molecular formula is C23H14Cl2N4O7. The molecule has 0 aliphatic carbocycles. The van der Waals surface area contributed by atoms with Crippen LogP contribution in [0.4, 0.5) is 17.1 Å². The number of carbonyl (C=O) groups is 1. The molecule has 0 saturated carbocycles. The van der Waals surface area contributed by atoms with E-state index in [2.05, 4.69) is 5.32 Å². The van der Waals surface area contributed by atoms with Crippen LogP contribution in [0.15, 0.2) is 60.2 Å². The third-order valence-corrected chi connectivity index (χ3v) is 5.11. The van der Waals surface area contributed by atoms with E-state index in [4.69, 9.17) is 32.7 Å². The quantitative estimate of drug-likeness (QED) is 0.157. The Balaban J connectivity index is 2.01. The predicted molar refractivity (Wildman–Crippen MR) is 132 cm³/mol. The van der Waals surface area contributed by atoms with Crippen molar-refractivity contribution in [1.29, 1.82) is 5.26 Å². The minimum absolute atomic E-state index is 0.0570. The third kappa shape index (κ3) is 6.06. The largest absolute Gasteiger partial charge is 0.497 e. The van der Waals surface area contributed by atoms with E-state index >= 15 is 0 Å². The van der Waals surface area contributed by atoms with Crippen LogP contribution < -0.4 is 14.8 Å². The molecule has 11 nitrogen and oxygen atoms in total. The number of nitriles is 1. The molecule has 36 heavy (non-hydrogen) atoms. The lowest BCUT2D eigenvalue weighted by Crippen LogP contribution is -2.13. The van der Waals surface area contributed by atoms with Crippen molar-refractivity contribution in [1.82, 2.24) is 0 Å². The minimum Gasteiger partial charge on any atom is -0.497 e. The number of hydrogen-bond donors (Lipinski definition) is 1. The van der Waals surface area contributed by atoms with E-state index < -0.39 is 27.1 Å². The Hall–Kier alpha value is -4.66. The van der Waals surface area contributed by atoms with Crippen LogP contribution in [0.2, 0.25) is 10.0 Å². The molecule has 0 fully saturated rings. The topological polar surface area (TPSA) is 158 Å². The number of nitrogens with zero attached hydrogens (tertiary/aromatic N) is 3. The smallest absolute Gasteiger partial charge is 0.318 e. The van der Waals surface area contributed by atoms with E-state index in [9.17, 15) is 30.3 Å². The summed E-state index contributed by atoms with van der Waals surface area (Å²) < 4.78 is 10.7. The van der Waals surface area contributed by atoms with Crippen molar-refractivity contribution in [2.45, 2.75) is 0 Å². The van der Waals surface area contributed by atoms with Crippen LogP contribution in [0.1, 0.15) is 5.56 Å². The molecule has 182 valence electrons. The zero-order chi connectivity index (χ0) is 26.4. The normalized spacial score (nSPS) is 10.8. The average molecular weight is 529 g/mol. The van der Waals surface area contributed by atoms with Gasteiger partial charge in [-0.1, -0.05) is 23.2 Å². The maximum Gasteiger partial charge on any atom is 0.318 e. The summed E-state index contributed by atoms with van der Waals surface area (Å²) in [6.45, 7) is 0. The van der Waals surface area contributed by atoms with Gasteiger partial charge in [-0.3, -0.25) is 25.0 Å². The standard InChI is InChI=1S/C23H14Cl2N4O7/c1-35-18-5-2-16(3-6-18)27-23(30)14(12-26)8-13-9-15(24)10-19(25)22(13)36-21-7-4-17(28(31)32)11-20(21)29(33)34/h2-11H,1H3,(H,27,30)/b14-8+. The van der Waals surface area contributed by atoms with Gasteiger partial charge in [0.1, 0.15) is 17.4 Å². The van der Waals surface area contributed by atoms with Gasteiger partial charge in [-0.05, 0) is 48.5 Å². The maximum atomic E-state index is 12.7. The summed E-state index contributed by atoms with van der Waals surface area (Å²) in [7, 11) is 1.49. The van der Waals surface area contributed by atoms with E-state index in [1.807, 2.05) is 0 Å². The van der Waals surface area contributed by atoms with Gasteiger partial charge in [0.25, 0.3) is 11.6 Å². The first kappa shape index (κ1) is 26.0. The fourth-order valence-corrected chi connectivity index (χ4v) is 3.48. The molecule has 0 heterocycles. The van der Waals surface area contributed by atoms with Crippen LogP contribution in [0, 0.1) is 31.6 Å². The summed E-state index contributed by atoms with van der Waals surface area (Å²) in [5, 5.41) is 34.6. The molecule has 0 spiro atoms. The maximum absolute atomic E-state index is 12.7. The number of carbonyl (C=O) groups excluding carboxylic acids is 1. The molecule has 3 rings (SSSR count). The molecular weight excluding hydrogens is 515 g/mol. The predicted octanol–water partition coefficient (Wildman–Crippen LogP) is 6.16. The van der Waals surface area contributed by atoms with Gasteiger partial charge < -0.3 is 14.8 Å². The summed E-state index contributed by atoms with van der Waals surface area (Å²) in [6, 6.07) is 13.6. The lowest BCUT2D eigenvalue weighted by atomic mass is 10.1. The van der Waals surface area contributed by atoms with Crippen LogP contribution in [-0.4, -0.2) is 22.9 Å². The van der Waals surface area contributed by atoms with Gasteiger partial charge >= 0.3 is 5.69 Å². The Kier molecular flexibility index (Phi) is 8.06. The monoisotopic (exact) mass is 528 g/mol. The number of ether oxygens (including phenoxy) is 2. The first-order valence-electron chi connectivity index (χ1n) is 9.80. The van der Waals surface area contributed by atoms with Crippen LogP contribution in [-0.2, 0) is 4.79 Å². The zero-order valence-corrected chi connectivity index (χ0v) is 19.7. The van der Waals surface area contributed by atoms with Crippen molar-refractivity contribution in [3.05, 3.63) is 96.0 Å². The highest BCUT2D eigenvalue weighted by molar-refractivity contribution is 6.36. The van der Waals surface area contributed by atoms with E-state index in [-0.39, 0.29) is 32.7 Å². The molecule has 0 saturated heterocycles. The molecule has 1 N–H and O–H groups in total. The molecule has 3 aromatic carbocycles. The highest BCUT2D eigenvalue weighted by atomic mass is 35.5. The molecule has 0 bridgehead atoms. The van der Waals surface area contributed by atoms with Gasteiger partial charge in [0.05, 0.1) is 28.0 Å². The number of nitro benzene ring substituents is 2. The lowest BCUT2D eigenvalue weighted by molar-refractivity contribution is -0.394. The summed E-state index contributed by atoms with van der Waals surface area (Å²) in [5.41, 5.74) is -1.11. The number of rotatable bonds is 8. The Labute approximate surface area is 213 Å². The van der Waals surface area contributed by atoms with Gasteiger partial charge in [-0.15, -0.1) is 0 Å². The first-order valence-corrected chi connectivity index (χ1v) is 10.6. The molecule has 0 radical (unpaired) electrons. The number of benzene rings is 3.